The minimum absolute atomic E-state index is 0.246. The Hall–Kier alpha value is -0.420. The van der Waals surface area contributed by atoms with Crippen LogP contribution in [0.4, 0.5) is 4.39 Å². The van der Waals surface area contributed by atoms with E-state index >= 15 is 0 Å². The average molecular weight is 376 g/mol. The first-order valence-corrected chi connectivity index (χ1v) is 7.58. The van der Waals surface area contributed by atoms with Crippen molar-refractivity contribution < 1.29 is 4.39 Å². The van der Waals surface area contributed by atoms with Crippen LogP contribution in [0.5, 0.6) is 0 Å². The zero-order valence-electron chi connectivity index (χ0n) is 9.77. The summed E-state index contributed by atoms with van der Waals surface area (Å²) in [7, 11) is 0. The van der Waals surface area contributed by atoms with Gasteiger partial charge in [-0.05, 0) is 66.0 Å². The van der Waals surface area contributed by atoms with Crippen LogP contribution in [0.1, 0.15) is 30.5 Å². The van der Waals surface area contributed by atoms with Crippen LogP contribution < -0.4 is 0 Å². The molecule has 0 atom stereocenters. The number of aryl methyl sites for hydroxylation is 1. The normalized spacial score (nSPS) is 15.5. The Morgan fingerprint density at radius 3 is 2.78 bits per heavy atom. The highest BCUT2D eigenvalue weighted by atomic mass is 127. The molecule has 0 saturated heterocycles. The first-order chi connectivity index (χ1) is 8.66. The van der Waals surface area contributed by atoms with Crippen LogP contribution in [0.2, 0.25) is 5.02 Å². The van der Waals surface area contributed by atoms with Crippen molar-refractivity contribution in [1.29, 1.82) is 0 Å². The van der Waals surface area contributed by atoms with Crippen molar-refractivity contribution in [3.63, 3.8) is 0 Å². The van der Waals surface area contributed by atoms with Crippen molar-refractivity contribution in [2.45, 2.75) is 32.1 Å². The topological polar surface area (TPSA) is 12.9 Å². The predicted molar refractivity (Wildman–Crippen MR) is 80.7 cm³/mol. The summed E-state index contributed by atoms with van der Waals surface area (Å²) in [5.41, 5.74) is 3.07. The van der Waals surface area contributed by atoms with Gasteiger partial charge in [0.15, 0.2) is 0 Å². The molecule has 0 bridgehead atoms. The van der Waals surface area contributed by atoms with Gasteiger partial charge in [-0.2, -0.15) is 0 Å². The van der Waals surface area contributed by atoms with Gasteiger partial charge in [0.05, 0.1) is 10.5 Å². The van der Waals surface area contributed by atoms with Crippen LogP contribution >= 0.6 is 34.2 Å². The van der Waals surface area contributed by atoms with E-state index in [4.69, 9.17) is 16.6 Å². The molecule has 2 aromatic rings. The van der Waals surface area contributed by atoms with Crippen LogP contribution in [-0.2, 0) is 12.8 Å². The van der Waals surface area contributed by atoms with Gasteiger partial charge < -0.3 is 0 Å². The molecule has 1 aliphatic carbocycles. The molecule has 0 aliphatic heterocycles. The predicted octanol–water partition coefficient (Wildman–Crippen LogP) is 4.90. The molecule has 1 aliphatic rings. The highest BCUT2D eigenvalue weighted by Gasteiger charge is 2.17. The Balaban J connectivity index is 2.34. The Labute approximate surface area is 124 Å². The molecule has 1 aromatic carbocycles. The molecule has 1 aromatic heterocycles. The SMILES string of the molecule is Fc1cc(I)c2nc3c(c(Cl)c2c1)CCCCC3. The van der Waals surface area contributed by atoms with Gasteiger partial charge >= 0.3 is 0 Å². The van der Waals surface area contributed by atoms with E-state index in [-0.39, 0.29) is 5.82 Å². The summed E-state index contributed by atoms with van der Waals surface area (Å²) >= 11 is 8.59. The standard InChI is InChI=1S/C14H12ClFIN/c15-13-9-4-2-1-3-5-12(9)18-14-10(13)6-8(16)7-11(14)17/h6-7H,1-5H2. The lowest BCUT2D eigenvalue weighted by atomic mass is 10.0. The maximum atomic E-state index is 13.5. The Kier molecular flexibility index (Phi) is 3.45. The summed E-state index contributed by atoms with van der Waals surface area (Å²) in [6, 6.07) is 3.01. The van der Waals surface area contributed by atoms with Gasteiger partial charge in [0.1, 0.15) is 5.82 Å². The van der Waals surface area contributed by atoms with Gasteiger partial charge in [-0.15, -0.1) is 0 Å². The Morgan fingerprint density at radius 1 is 1.17 bits per heavy atom. The highest BCUT2D eigenvalue weighted by Crippen LogP contribution is 2.34. The van der Waals surface area contributed by atoms with Crippen LogP contribution in [0, 0.1) is 9.39 Å². The molecule has 0 unspecified atom stereocenters. The number of fused-ring (bicyclic) bond motifs is 2. The van der Waals surface area contributed by atoms with Gasteiger partial charge in [-0.25, -0.2) is 4.39 Å². The van der Waals surface area contributed by atoms with Gasteiger partial charge in [-0.1, -0.05) is 18.0 Å². The quantitative estimate of drug-likeness (QED) is 0.471. The van der Waals surface area contributed by atoms with E-state index in [2.05, 4.69) is 22.6 Å². The molecule has 1 nitrogen and oxygen atoms in total. The second-order valence-corrected chi connectivity index (χ2v) is 6.24. The maximum Gasteiger partial charge on any atom is 0.125 e. The number of hydrogen-bond acceptors (Lipinski definition) is 1. The lowest BCUT2D eigenvalue weighted by molar-refractivity contribution is 0.628. The van der Waals surface area contributed by atoms with Crippen LogP contribution in [0.15, 0.2) is 12.1 Å². The van der Waals surface area contributed by atoms with Gasteiger partial charge in [0.2, 0.25) is 0 Å². The minimum Gasteiger partial charge on any atom is -0.251 e. The Bertz CT molecular complexity index is 627. The fraction of sp³-hybridized carbons (Fsp3) is 0.357. The summed E-state index contributed by atoms with van der Waals surface area (Å²) in [5.74, 6) is -0.246. The second kappa shape index (κ2) is 4.93. The maximum absolute atomic E-state index is 13.5. The van der Waals surface area contributed by atoms with Crippen molar-refractivity contribution in [3.05, 3.63) is 37.8 Å². The largest absolute Gasteiger partial charge is 0.251 e. The third kappa shape index (κ3) is 2.11. The van der Waals surface area contributed by atoms with Crippen molar-refractivity contribution >= 4 is 45.1 Å². The van der Waals surface area contributed by atoms with Crippen molar-refractivity contribution in [2.24, 2.45) is 0 Å². The van der Waals surface area contributed by atoms with Crippen molar-refractivity contribution in [3.8, 4) is 0 Å². The zero-order valence-corrected chi connectivity index (χ0v) is 12.7. The molecule has 1 heterocycles. The molecule has 0 amide bonds. The summed E-state index contributed by atoms with van der Waals surface area (Å²) < 4.78 is 14.3. The van der Waals surface area contributed by atoms with E-state index in [1.165, 1.54) is 25.0 Å². The molecule has 0 fully saturated rings. The molecule has 94 valence electrons. The number of rotatable bonds is 0. The Morgan fingerprint density at radius 2 is 1.94 bits per heavy atom. The molecule has 4 heteroatoms. The van der Waals surface area contributed by atoms with Gasteiger partial charge in [0.25, 0.3) is 0 Å². The number of halogens is 3. The third-order valence-corrected chi connectivity index (χ3v) is 4.72. The van der Waals surface area contributed by atoms with Crippen LogP contribution in [0.3, 0.4) is 0 Å². The molecular formula is C14H12ClFIN. The van der Waals surface area contributed by atoms with Gasteiger partial charge in [0, 0.05) is 14.7 Å². The highest BCUT2D eigenvalue weighted by molar-refractivity contribution is 14.1. The second-order valence-electron chi connectivity index (χ2n) is 4.70. The van der Waals surface area contributed by atoms with Gasteiger partial charge in [-0.3, -0.25) is 4.98 Å². The third-order valence-electron chi connectivity index (χ3n) is 3.47. The molecular weight excluding hydrogens is 364 g/mol. The summed E-state index contributed by atoms with van der Waals surface area (Å²) in [6.45, 7) is 0. The van der Waals surface area contributed by atoms with E-state index in [1.54, 1.807) is 0 Å². The van der Waals surface area contributed by atoms with Crippen molar-refractivity contribution in [1.82, 2.24) is 4.98 Å². The number of nitrogens with zero attached hydrogens (tertiary/aromatic N) is 1. The lowest BCUT2D eigenvalue weighted by Gasteiger charge is -2.11. The van der Waals surface area contributed by atoms with E-state index in [1.807, 2.05) is 0 Å². The van der Waals surface area contributed by atoms with Crippen molar-refractivity contribution in [2.75, 3.05) is 0 Å². The molecule has 18 heavy (non-hydrogen) atoms. The van der Waals surface area contributed by atoms with Crippen LogP contribution in [0.25, 0.3) is 10.9 Å². The molecule has 0 saturated carbocycles. The fourth-order valence-electron chi connectivity index (χ4n) is 2.57. The minimum atomic E-state index is -0.246. The van der Waals surface area contributed by atoms with E-state index in [0.717, 1.165) is 45.0 Å². The first kappa shape index (κ1) is 12.6. The number of benzene rings is 1. The number of pyridine rings is 1. The summed E-state index contributed by atoms with van der Waals surface area (Å²) in [4.78, 5) is 4.72. The van der Waals surface area contributed by atoms with Crippen LogP contribution in [-0.4, -0.2) is 4.98 Å². The summed E-state index contributed by atoms with van der Waals surface area (Å²) in [5, 5.41) is 1.45. The average Bonchev–Trinajstić information content (AvgIpc) is 2.56. The summed E-state index contributed by atoms with van der Waals surface area (Å²) in [6.07, 6.45) is 5.48. The van der Waals surface area contributed by atoms with E-state index in [9.17, 15) is 4.39 Å². The van der Waals surface area contributed by atoms with E-state index < -0.39 is 0 Å². The smallest absolute Gasteiger partial charge is 0.125 e. The number of hydrogen-bond donors (Lipinski definition) is 0. The zero-order chi connectivity index (χ0) is 12.7. The number of aromatic nitrogens is 1. The molecule has 0 N–H and O–H groups in total. The first-order valence-electron chi connectivity index (χ1n) is 6.13. The molecule has 0 radical (unpaired) electrons. The molecule has 0 spiro atoms. The van der Waals surface area contributed by atoms with E-state index in [0.29, 0.717) is 5.02 Å². The lowest BCUT2D eigenvalue weighted by Crippen LogP contribution is -1.99. The molecule has 3 rings (SSSR count). The fourth-order valence-corrected chi connectivity index (χ4v) is 3.63. The monoisotopic (exact) mass is 375 g/mol.